The maximum atomic E-state index is 6.18. The van der Waals surface area contributed by atoms with Crippen LogP contribution in [0.4, 0.5) is 0 Å². The smallest absolute Gasteiger partial charge is 0.239 e. The Kier molecular flexibility index (Phi) is 4.90. The van der Waals surface area contributed by atoms with Gasteiger partial charge in [-0.2, -0.15) is 4.98 Å². The van der Waals surface area contributed by atoms with Crippen LogP contribution in [-0.2, 0) is 23.5 Å². The molecule has 2 aromatic rings. The lowest BCUT2D eigenvalue weighted by molar-refractivity contribution is -0.0168. The summed E-state index contributed by atoms with van der Waals surface area (Å²) in [6, 6.07) is 3.83. The van der Waals surface area contributed by atoms with Crippen molar-refractivity contribution in [3.63, 3.8) is 0 Å². The highest BCUT2D eigenvalue weighted by Crippen LogP contribution is 2.37. The molecule has 118 valence electrons. The number of hydrogen-bond donors (Lipinski definition) is 0. The number of rotatable bonds is 5. The molecular weight excluding hydrogens is 324 g/mol. The number of halogens is 1. The topological polar surface area (TPSA) is 57.4 Å². The van der Waals surface area contributed by atoms with Crippen molar-refractivity contribution in [3.8, 4) is 5.75 Å². The monoisotopic (exact) mass is 340 g/mol. The molecule has 0 spiro atoms. The standard InChI is InChI=1S/C15H17ClN2O3S/c1-3-13-17-15(21-18-13)9(2)22-7-11-5-12(16)4-10-6-19-8-20-14(10)11/h4-5,9H,3,6-8H2,1-2H3. The van der Waals surface area contributed by atoms with E-state index >= 15 is 0 Å². The summed E-state index contributed by atoms with van der Waals surface area (Å²) in [5, 5.41) is 4.74. The van der Waals surface area contributed by atoms with Gasteiger partial charge in [-0.25, -0.2) is 0 Å². The van der Waals surface area contributed by atoms with Crippen LogP contribution in [-0.4, -0.2) is 16.9 Å². The van der Waals surface area contributed by atoms with Crippen LogP contribution >= 0.6 is 23.4 Å². The lowest BCUT2D eigenvalue weighted by Crippen LogP contribution is -2.13. The van der Waals surface area contributed by atoms with Crippen LogP contribution in [0, 0.1) is 0 Å². The van der Waals surface area contributed by atoms with Crippen molar-refractivity contribution in [2.75, 3.05) is 6.79 Å². The van der Waals surface area contributed by atoms with E-state index in [-0.39, 0.29) is 12.0 Å². The second kappa shape index (κ2) is 6.89. The van der Waals surface area contributed by atoms with Crippen molar-refractivity contribution in [2.45, 2.75) is 37.9 Å². The molecule has 1 aliphatic heterocycles. The molecule has 0 fully saturated rings. The van der Waals surface area contributed by atoms with Gasteiger partial charge in [0, 0.05) is 28.3 Å². The molecule has 0 N–H and O–H groups in total. The molecular formula is C15H17ClN2O3S. The van der Waals surface area contributed by atoms with Crippen molar-refractivity contribution in [1.29, 1.82) is 0 Å². The third-order valence-corrected chi connectivity index (χ3v) is 4.79. The molecule has 1 aromatic heterocycles. The lowest BCUT2D eigenvalue weighted by Gasteiger charge is -2.21. The molecule has 2 heterocycles. The molecule has 0 aliphatic carbocycles. The largest absolute Gasteiger partial charge is 0.467 e. The van der Waals surface area contributed by atoms with Crippen LogP contribution in [0.2, 0.25) is 5.02 Å². The van der Waals surface area contributed by atoms with E-state index in [0.717, 1.165) is 34.9 Å². The van der Waals surface area contributed by atoms with Gasteiger partial charge >= 0.3 is 0 Å². The summed E-state index contributed by atoms with van der Waals surface area (Å²) in [5.41, 5.74) is 2.06. The normalized spacial score (nSPS) is 15.2. The third kappa shape index (κ3) is 3.39. The quantitative estimate of drug-likeness (QED) is 0.815. The summed E-state index contributed by atoms with van der Waals surface area (Å²) in [4.78, 5) is 4.37. The Hall–Kier alpha value is -1.24. The predicted molar refractivity (Wildman–Crippen MR) is 85.1 cm³/mol. The Balaban J connectivity index is 1.72. The van der Waals surface area contributed by atoms with E-state index in [1.165, 1.54) is 0 Å². The van der Waals surface area contributed by atoms with Gasteiger partial charge in [0.25, 0.3) is 0 Å². The van der Waals surface area contributed by atoms with Crippen LogP contribution in [0.15, 0.2) is 16.7 Å². The highest BCUT2D eigenvalue weighted by molar-refractivity contribution is 7.98. The zero-order valence-electron chi connectivity index (χ0n) is 12.5. The van der Waals surface area contributed by atoms with Crippen LogP contribution in [0.1, 0.15) is 41.9 Å². The summed E-state index contributed by atoms with van der Waals surface area (Å²) in [6.07, 6.45) is 0.774. The Morgan fingerprint density at radius 2 is 2.27 bits per heavy atom. The average Bonchev–Trinajstić information content (AvgIpc) is 3.01. The Morgan fingerprint density at radius 3 is 3.05 bits per heavy atom. The number of hydrogen-bond acceptors (Lipinski definition) is 6. The second-order valence-corrected chi connectivity index (χ2v) is 6.78. The van der Waals surface area contributed by atoms with E-state index < -0.39 is 0 Å². The molecule has 5 nitrogen and oxygen atoms in total. The van der Waals surface area contributed by atoms with Crippen molar-refractivity contribution in [2.24, 2.45) is 0 Å². The van der Waals surface area contributed by atoms with Crippen LogP contribution < -0.4 is 4.74 Å². The van der Waals surface area contributed by atoms with E-state index in [1.54, 1.807) is 11.8 Å². The first-order valence-electron chi connectivity index (χ1n) is 7.13. The van der Waals surface area contributed by atoms with E-state index in [9.17, 15) is 0 Å². The molecule has 0 saturated carbocycles. The van der Waals surface area contributed by atoms with Crippen molar-refractivity contribution >= 4 is 23.4 Å². The summed E-state index contributed by atoms with van der Waals surface area (Å²) in [5.74, 6) is 3.04. The van der Waals surface area contributed by atoms with Crippen LogP contribution in [0.3, 0.4) is 0 Å². The molecule has 1 atom stereocenters. The number of nitrogens with zero attached hydrogens (tertiary/aromatic N) is 2. The number of benzene rings is 1. The SMILES string of the molecule is CCc1noc(C(C)SCc2cc(Cl)cc3c2OCOC3)n1. The molecule has 1 aliphatic rings. The maximum Gasteiger partial charge on any atom is 0.239 e. The molecule has 3 rings (SSSR count). The number of ether oxygens (including phenoxy) is 2. The second-order valence-electron chi connectivity index (χ2n) is 5.02. The van der Waals surface area contributed by atoms with E-state index in [2.05, 4.69) is 17.1 Å². The van der Waals surface area contributed by atoms with Gasteiger partial charge in [0.05, 0.1) is 11.9 Å². The first-order valence-corrected chi connectivity index (χ1v) is 8.56. The number of fused-ring (bicyclic) bond motifs is 1. The fourth-order valence-corrected chi connectivity index (χ4v) is 3.37. The summed E-state index contributed by atoms with van der Waals surface area (Å²) < 4.78 is 16.2. The summed E-state index contributed by atoms with van der Waals surface area (Å²) in [7, 11) is 0. The first kappa shape index (κ1) is 15.6. The van der Waals surface area contributed by atoms with Gasteiger partial charge in [0.2, 0.25) is 5.89 Å². The van der Waals surface area contributed by atoms with Gasteiger partial charge in [-0.15, -0.1) is 11.8 Å². The molecule has 0 bridgehead atoms. The van der Waals surface area contributed by atoms with E-state index in [0.29, 0.717) is 17.5 Å². The fourth-order valence-electron chi connectivity index (χ4n) is 2.23. The molecule has 22 heavy (non-hydrogen) atoms. The molecule has 7 heteroatoms. The first-order chi connectivity index (χ1) is 10.7. The molecule has 1 aromatic carbocycles. The minimum Gasteiger partial charge on any atom is -0.467 e. The highest BCUT2D eigenvalue weighted by atomic mass is 35.5. The maximum absolute atomic E-state index is 6.18. The van der Waals surface area contributed by atoms with Crippen molar-refractivity contribution in [3.05, 3.63) is 40.0 Å². The van der Waals surface area contributed by atoms with Gasteiger partial charge in [-0.1, -0.05) is 23.7 Å². The van der Waals surface area contributed by atoms with Crippen molar-refractivity contribution < 1.29 is 14.0 Å². The number of aryl methyl sites for hydroxylation is 1. The van der Waals surface area contributed by atoms with Gasteiger partial charge in [0.1, 0.15) is 5.75 Å². The minimum atomic E-state index is 0.113. The number of thioether (sulfide) groups is 1. The predicted octanol–water partition coefficient (Wildman–Crippen LogP) is 4.15. The summed E-state index contributed by atoms with van der Waals surface area (Å²) >= 11 is 7.89. The van der Waals surface area contributed by atoms with Gasteiger partial charge in [-0.3, -0.25) is 0 Å². The zero-order valence-corrected chi connectivity index (χ0v) is 14.0. The van der Waals surface area contributed by atoms with Crippen LogP contribution in [0.25, 0.3) is 0 Å². The fraction of sp³-hybridized carbons (Fsp3) is 0.467. The molecule has 0 amide bonds. The molecule has 1 unspecified atom stereocenters. The van der Waals surface area contributed by atoms with Crippen LogP contribution in [0.5, 0.6) is 5.75 Å². The zero-order chi connectivity index (χ0) is 15.5. The van der Waals surface area contributed by atoms with Gasteiger partial charge in [0.15, 0.2) is 12.6 Å². The Bertz CT molecular complexity index is 662. The molecule has 0 saturated heterocycles. The minimum absolute atomic E-state index is 0.113. The molecule has 0 radical (unpaired) electrons. The third-order valence-electron chi connectivity index (χ3n) is 3.39. The Morgan fingerprint density at radius 1 is 1.41 bits per heavy atom. The van der Waals surface area contributed by atoms with Crippen molar-refractivity contribution in [1.82, 2.24) is 10.1 Å². The number of aromatic nitrogens is 2. The van der Waals surface area contributed by atoms with E-state index in [4.69, 9.17) is 25.6 Å². The van der Waals surface area contributed by atoms with E-state index in [1.807, 2.05) is 19.1 Å². The average molecular weight is 341 g/mol. The lowest BCUT2D eigenvalue weighted by atomic mass is 10.1. The summed E-state index contributed by atoms with van der Waals surface area (Å²) in [6.45, 7) is 4.88. The Labute approximate surface area is 138 Å². The van der Waals surface area contributed by atoms with Gasteiger partial charge < -0.3 is 14.0 Å². The van der Waals surface area contributed by atoms with Gasteiger partial charge in [-0.05, 0) is 19.1 Å². The highest BCUT2D eigenvalue weighted by Gasteiger charge is 2.19.